The molecule has 0 aliphatic heterocycles. The Balaban J connectivity index is 2.39. The second kappa shape index (κ2) is 5.97. The molecule has 0 saturated heterocycles. The first-order valence-electron chi connectivity index (χ1n) is 4.99. The van der Waals surface area contributed by atoms with Gasteiger partial charge in [-0.05, 0) is 62.7 Å². The lowest BCUT2D eigenvalue weighted by molar-refractivity contribution is 0.703. The maximum Gasteiger partial charge on any atom is 0.0843 e. The van der Waals surface area contributed by atoms with E-state index in [2.05, 4.69) is 77.4 Å². The van der Waals surface area contributed by atoms with Gasteiger partial charge in [0.25, 0.3) is 0 Å². The van der Waals surface area contributed by atoms with Crippen molar-refractivity contribution in [2.45, 2.75) is 6.04 Å². The maximum absolute atomic E-state index is 3.54. The van der Waals surface area contributed by atoms with Crippen LogP contribution in [0.15, 0.2) is 43.1 Å². The molecule has 0 aliphatic carbocycles. The second-order valence-corrected chi connectivity index (χ2v) is 7.72. The smallest absolute Gasteiger partial charge is 0.0843 e. The number of rotatable bonds is 3. The lowest BCUT2D eigenvalue weighted by Gasteiger charge is -2.15. The Kier molecular flexibility index (Phi) is 4.83. The fraction of sp³-hybridized carbons (Fsp3) is 0.167. The van der Waals surface area contributed by atoms with Gasteiger partial charge in [-0.25, -0.2) is 0 Å². The zero-order valence-electron chi connectivity index (χ0n) is 9.01. The van der Waals surface area contributed by atoms with Gasteiger partial charge in [0.05, 0.1) is 9.83 Å². The molecule has 2 rings (SSSR count). The normalized spacial score (nSPS) is 12.7. The zero-order chi connectivity index (χ0) is 12.4. The minimum atomic E-state index is 0.222. The fourth-order valence-electron chi connectivity index (χ4n) is 1.66. The van der Waals surface area contributed by atoms with Crippen molar-refractivity contribution in [1.29, 1.82) is 0 Å². The molecule has 0 radical (unpaired) electrons. The van der Waals surface area contributed by atoms with Gasteiger partial charge >= 0.3 is 0 Å². The van der Waals surface area contributed by atoms with Gasteiger partial charge in [-0.1, -0.05) is 28.1 Å². The third-order valence-electron chi connectivity index (χ3n) is 2.42. The summed E-state index contributed by atoms with van der Waals surface area (Å²) in [5.41, 5.74) is 1.25. The summed E-state index contributed by atoms with van der Waals surface area (Å²) in [5, 5.41) is 3.35. The summed E-state index contributed by atoms with van der Waals surface area (Å²) in [6.07, 6.45) is 0. The number of nitrogens with one attached hydrogen (secondary N) is 1. The van der Waals surface area contributed by atoms with Crippen molar-refractivity contribution in [3.63, 3.8) is 0 Å². The van der Waals surface area contributed by atoms with E-state index >= 15 is 0 Å². The van der Waals surface area contributed by atoms with Gasteiger partial charge < -0.3 is 5.32 Å². The van der Waals surface area contributed by atoms with Crippen LogP contribution in [-0.4, -0.2) is 7.05 Å². The predicted molar refractivity (Wildman–Crippen MR) is 84.8 cm³/mol. The molecule has 90 valence electrons. The molecule has 0 aliphatic rings. The molecule has 5 heteroatoms. The Bertz CT molecular complexity index is 505. The number of hydrogen-bond acceptors (Lipinski definition) is 2. The third-order valence-corrected chi connectivity index (χ3v) is 6.23. The predicted octanol–water partition coefficient (Wildman–Crippen LogP) is 5.34. The van der Waals surface area contributed by atoms with Gasteiger partial charge in [-0.15, -0.1) is 11.3 Å². The van der Waals surface area contributed by atoms with Gasteiger partial charge in [0.2, 0.25) is 0 Å². The van der Waals surface area contributed by atoms with E-state index in [-0.39, 0.29) is 6.04 Å². The van der Waals surface area contributed by atoms with Gasteiger partial charge in [0, 0.05) is 13.8 Å². The minimum Gasteiger partial charge on any atom is -0.309 e. The molecule has 1 heterocycles. The molecular weight excluding hydrogens is 430 g/mol. The zero-order valence-corrected chi connectivity index (χ0v) is 14.6. The Hall–Kier alpha value is 0.320. The molecule has 0 fully saturated rings. The summed E-state index contributed by atoms with van der Waals surface area (Å²) in [7, 11) is 1.98. The van der Waals surface area contributed by atoms with Gasteiger partial charge in [0.15, 0.2) is 0 Å². The highest BCUT2D eigenvalue weighted by Gasteiger charge is 2.16. The molecule has 1 unspecified atom stereocenters. The van der Waals surface area contributed by atoms with E-state index in [1.807, 2.05) is 13.1 Å². The molecule has 1 atom stereocenters. The lowest BCUT2D eigenvalue weighted by atomic mass is 10.1. The summed E-state index contributed by atoms with van der Waals surface area (Å²) in [6.45, 7) is 0. The van der Waals surface area contributed by atoms with Crippen molar-refractivity contribution in [3.8, 4) is 0 Å². The second-order valence-electron chi connectivity index (χ2n) is 3.55. The monoisotopic (exact) mass is 437 g/mol. The Morgan fingerprint density at radius 3 is 2.47 bits per heavy atom. The van der Waals surface area contributed by atoms with Crippen LogP contribution in [0.1, 0.15) is 16.5 Å². The largest absolute Gasteiger partial charge is 0.309 e. The average molecular weight is 440 g/mol. The van der Waals surface area contributed by atoms with Crippen LogP contribution in [0.5, 0.6) is 0 Å². The lowest BCUT2D eigenvalue weighted by Crippen LogP contribution is -2.16. The molecule has 0 bridgehead atoms. The molecule has 0 saturated carbocycles. The van der Waals surface area contributed by atoms with E-state index in [0.29, 0.717) is 0 Å². The summed E-state index contributed by atoms with van der Waals surface area (Å²) in [5.74, 6) is 0. The maximum atomic E-state index is 3.54. The first-order valence-corrected chi connectivity index (χ1v) is 8.19. The third kappa shape index (κ3) is 3.20. The van der Waals surface area contributed by atoms with E-state index in [4.69, 9.17) is 0 Å². The summed E-state index contributed by atoms with van der Waals surface area (Å²) < 4.78 is 3.33. The van der Waals surface area contributed by atoms with E-state index in [0.717, 1.165) is 12.7 Å². The molecule has 17 heavy (non-hydrogen) atoms. The molecule has 0 spiro atoms. The quantitative estimate of drug-likeness (QED) is 0.680. The molecule has 1 aromatic heterocycles. The molecule has 1 N–H and O–H groups in total. The van der Waals surface area contributed by atoms with E-state index < -0.39 is 0 Å². The van der Waals surface area contributed by atoms with Crippen molar-refractivity contribution >= 4 is 59.1 Å². The van der Waals surface area contributed by atoms with Gasteiger partial charge in [0.1, 0.15) is 0 Å². The van der Waals surface area contributed by atoms with Crippen LogP contribution in [0, 0.1) is 0 Å². The highest BCUT2D eigenvalue weighted by Crippen LogP contribution is 2.37. The van der Waals surface area contributed by atoms with E-state index in [9.17, 15) is 0 Å². The van der Waals surface area contributed by atoms with Crippen LogP contribution in [-0.2, 0) is 0 Å². The SMILES string of the molecule is CNC(c1cccc(Br)c1)c1cc(Br)c(Br)s1. The molecular formula is C12H10Br3NS. The number of halogens is 3. The summed E-state index contributed by atoms with van der Waals surface area (Å²) in [4.78, 5) is 1.28. The van der Waals surface area contributed by atoms with Crippen LogP contribution >= 0.6 is 59.1 Å². The molecule has 1 nitrogen and oxygen atoms in total. The van der Waals surface area contributed by atoms with Crippen molar-refractivity contribution in [3.05, 3.63) is 53.5 Å². The highest BCUT2D eigenvalue weighted by molar-refractivity contribution is 9.13. The Labute approximate surface area is 130 Å². The first kappa shape index (κ1) is 13.7. The Morgan fingerprint density at radius 2 is 1.94 bits per heavy atom. The van der Waals surface area contributed by atoms with Crippen LogP contribution in [0.4, 0.5) is 0 Å². The fourth-order valence-corrected chi connectivity index (χ4v) is 4.31. The average Bonchev–Trinajstić information content (AvgIpc) is 2.60. The number of benzene rings is 1. The van der Waals surface area contributed by atoms with Crippen LogP contribution in [0.2, 0.25) is 0 Å². The standard InChI is InChI=1S/C12H10Br3NS/c1-16-11(7-3-2-4-8(13)5-7)10-6-9(14)12(15)17-10/h2-6,11,16H,1H3. The van der Waals surface area contributed by atoms with Crippen molar-refractivity contribution in [1.82, 2.24) is 5.32 Å². The number of thiophene rings is 1. The van der Waals surface area contributed by atoms with Gasteiger partial charge in [-0.2, -0.15) is 0 Å². The summed E-state index contributed by atoms with van der Waals surface area (Å²) >= 11 is 12.3. The summed E-state index contributed by atoms with van der Waals surface area (Å²) in [6, 6.07) is 10.7. The van der Waals surface area contributed by atoms with Crippen LogP contribution in [0.3, 0.4) is 0 Å². The first-order chi connectivity index (χ1) is 8.11. The van der Waals surface area contributed by atoms with Crippen molar-refractivity contribution < 1.29 is 0 Å². The number of hydrogen-bond donors (Lipinski definition) is 1. The molecule has 0 amide bonds. The minimum absolute atomic E-state index is 0.222. The highest BCUT2D eigenvalue weighted by atomic mass is 79.9. The van der Waals surface area contributed by atoms with Crippen molar-refractivity contribution in [2.24, 2.45) is 0 Å². The van der Waals surface area contributed by atoms with Crippen LogP contribution < -0.4 is 5.32 Å². The Morgan fingerprint density at radius 1 is 1.18 bits per heavy atom. The molecule has 1 aromatic carbocycles. The van der Waals surface area contributed by atoms with E-state index in [1.54, 1.807) is 11.3 Å². The van der Waals surface area contributed by atoms with Crippen molar-refractivity contribution in [2.75, 3.05) is 7.05 Å². The van der Waals surface area contributed by atoms with Gasteiger partial charge in [-0.3, -0.25) is 0 Å². The van der Waals surface area contributed by atoms with Crippen LogP contribution in [0.25, 0.3) is 0 Å². The molecule has 2 aromatic rings. The van der Waals surface area contributed by atoms with E-state index in [1.165, 1.54) is 10.4 Å². The topological polar surface area (TPSA) is 12.0 Å².